The van der Waals surface area contributed by atoms with E-state index in [-0.39, 0.29) is 34.8 Å². The van der Waals surface area contributed by atoms with Crippen LogP contribution in [0.1, 0.15) is 56.4 Å². The molecule has 5 N–H and O–H groups in total. The molecule has 196 valence electrons. The van der Waals surface area contributed by atoms with Crippen LogP contribution in [0.3, 0.4) is 0 Å². The third-order valence-corrected chi connectivity index (χ3v) is 7.63. The average molecular weight is 544 g/mol. The lowest BCUT2D eigenvalue weighted by atomic mass is 10.0. The summed E-state index contributed by atoms with van der Waals surface area (Å²) in [5.41, 5.74) is 11.8. The molecule has 0 saturated carbocycles. The Balaban J connectivity index is 1.72. The third-order valence-electron chi connectivity index (χ3n) is 5.92. The molecule has 1 aliphatic rings. The lowest BCUT2D eigenvalue weighted by molar-refractivity contribution is -0.126. The van der Waals surface area contributed by atoms with Crippen molar-refractivity contribution in [3.63, 3.8) is 0 Å². The van der Waals surface area contributed by atoms with E-state index in [9.17, 15) is 14.4 Å². The van der Waals surface area contributed by atoms with E-state index in [2.05, 4.69) is 9.69 Å². The Labute approximate surface area is 222 Å². The topological polar surface area (TPSA) is 150 Å². The zero-order chi connectivity index (χ0) is 26.4. The molecule has 0 unspecified atom stereocenters. The fourth-order valence-electron chi connectivity index (χ4n) is 4.11. The number of nitrogens with two attached hydrogens (primary N) is 2. The first kappa shape index (κ1) is 26.6. The van der Waals surface area contributed by atoms with Gasteiger partial charge in [0.1, 0.15) is 16.7 Å². The number of hydrogen-bond donors (Lipinski definition) is 3. The van der Waals surface area contributed by atoms with Crippen molar-refractivity contribution in [1.82, 2.24) is 14.6 Å². The third kappa shape index (κ3) is 6.27. The highest BCUT2D eigenvalue weighted by Gasteiger charge is 2.35. The maximum atomic E-state index is 13.9. The average Bonchev–Trinajstić information content (AvgIpc) is 3.66. The number of primary amides is 1. The van der Waals surface area contributed by atoms with Gasteiger partial charge in [-0.15, -0.1) is 11.3 Å². The van der Waals surface area contributed by atoms with Crippen molar-refractivity contribution in [3.05, 3.63) is 62.8 Å². The number of ether oxygens (including phenoxy) is 2. The molecular weight excluding hydrogens is 514 g/mol. The summed E-state index contributed by atoms with van der Waals surface area (Å²) in [6.45, 7) is 3.53. The number of amides is 3. The predicted molar refractivity (Wildman–Crippen MR) is 142 cm³/mol. The van der Waals surface area contributed by atoms with Crippen molar-refractivity contribution in [1.29, 1.82) is 0 Å². The second-order valence-electron chi connectivity index (χ2n) is 8.44. The van der Waals surface area contributed by atoms with Crippen molar-refractivity contribution in [2.75, 3.05) is 25.5 Å². The van der Waals surface area contributed by atoms with Gasteiger partial charge in [-0.1, -0.05) is 18.2 Å². The van der Waals surface area contributed by atoms with Gasteiger partial charge >= 0.3 is 0 Å². The lowest BCUT2D eigenvalue weighted by Gasteiger charge is -2.31. The summed E-state index contributed by atoms with van der Waals surface area (Å²) in [5.74, 6) is -1.06. The smallest absolute Gasteiger partial charge is 0.270 e. The first-order chi connectivity index (χ1) is 17.9. The molecular formula is C25H29N5O5S2. The highest BCUT2D eigenvalue weighted by Crippen LogP contribution is 2.32. The van der Waals surface area contributed by atoms with Crippen LogP contribution >= 0.6 is 22.9 Å². The minimum absolute atomic E-state index is 0.0493. The highest BCUT2D eigenvalue weighted by molar-refractivity contribution is 7.10. The zero-order valence-corrected chi connectivity index (χ0v) is 22.0. The zero-order valence-electron chi connectivity index (χ0n) is 20.3. The molecule has 12 heteroatoms. The molecule has 3 heterocycles. The van der Waals surface area contributed by atoms with Gasteiger partial charge in [-0.25, -0.2) is 0 Å². The number of thiophene rings is 1. The van der Waals surface area contributed by atoms with Gasteiger partial charge in [0.05, 0.1) is 24.9 Å². The normalized spacial score (nSPS) is 15.8. The maximum absolute atomic E-state index is 13.9. The van der Waals surface area contributed by atoms with E-state index >= 15 is 0 Å². The summed E-state index contributed by atoms with van der Waals surface area (Å²) in [6.07, 6.45) is 1.74. The summed E-state index contributed by atoms with van der Waals surface area (Å²) < 4.78 is 15.2. The minimum atomic E-state index is -0.995. The SMILES string of the molecule is CCOc1ccc([C@H](C(=O)NC[C@H]2CCCO2)N(Cc2cccs2)C(=O)c2snc(C(N)=O)c2N)cc1. The van der Waals surface area contributed by atoms with Gasteiger partial charge in [-0.3, -0.25) is 14.4 Å². The Bertz CT molecular complexity index is 1220. The molecule has 0 spiro atoms. The van der Waals surface area contributed by atoms with E-state index in [1.807, 2.05) is 24.4 Å². The summed E-state index contributed by atoms with van der Waals surface area (Å²) >= 11 is 2.25. The molecule has 0 radical (unpaired) electrons. The van der Waals surface area contributed by atoms with E-state index in [4.69, 9.17) is 20.9 Å². The van der Waals surface area contributed by atoms with Crippen LogP contribution in [0.5, 0.6) is 5.75 Å². The standard InChI is InChI=1S/C25H29N5O5S2/c1-2-34-16-9-7-15(8-10-16)21(24(32)28-13-17-5-3-11-35-17)30(14-18-6-4-12-36-18)25(33)22-19(26)20(23(27)31)29-37-22/h4,6-10,12,17,21H,2-3,5,11,13-14,26H2,1H3,(H2,27,31)(H,28,32)/t17-,21-/m1/s1. The van der Waals surface area contributed by atoms with Crippen molar-refractivity contribution in [2.45, 2.75) is 38.5 Å². The first-order valence-electron chi connectivity index (χ1n) is 11.9. The number of nitrogen functional groups attached to an aromatic ring is 1. The maximum Gasteiger partial charge on any atom is 0.270 e. The van der Waals surface area contributed by atoms with Gasteiger partial charge in [-0.2, -0.15) is 4.37 Å². The van der Waals surface area contributed by atoms with Crippen LogP contribution in [-0.4, -0.2) is 52.9 Å². The van der Waals surface area contributed by atoms with E-state index < -0.39 is 17.9 Å². The number of nitrogens with zero attached hydrogens (tertiary/aromatic N) is 2. The molecule has 4 rings (SSSR count). The molecule has 0 aliphatic carbocycles. The predicted octanol–water partition coefficient (Wildman–Crippen LogP) is 2.96. The van der Waals surface area contributed by atoms with Gasteiger partial charge in [0.2, 0.25) is 5.91 Å². The summed E-state index contributed by atoms with van der Waals surface area (Å²) in [5, 5.41) is 4.86. The molecule has 1 aromatic carbocycles. The van der Waals surface area contributed by atoms with Gasteiger partial charge < -0.3 is 31.2 Å². The van der Waals surface area contributed by atoms with E-state index in [1.165, 1.54) is 16.2 Å². The van der Waals surface area contributed by atoms with Crippen LogP contribution in [0.15, 0.2) is 41.8 Å². The Morgan fingerprint density at radius 1 is 1.27 bits per heavy atom. The van der Waals surface area contributed by atoms with Crippen LogP contribution in [-0.2, 0) is 16.1 Å². The van der Waals surface area contributed by atoms with Crippen molar-refractivity contribution in [2.24, 2.45) is 5.73 Å². The van der Waals surface area contributed by atoms with Crippen LogP contribution in [0, 0.1) is 0 Å². The Kier molecular flexibility index (Phi) is 8.74. The quantitative estimate of drug-likeness (QED) is 0.336. The molecule has 2 atom stereocenters. The summed E-state index contributed by atoms with van der Waals surface area (Å²) in [4.78, 5) is 41.7. The molecule has 1 aliphatic heterocycles. The molecule has 0 bridgehead atoms. The second-order valence-corrected chi connectivity index (χ2v) is 10.2. The van der Waals surface area contributed by atoms with Gasteiger partial charge in [-0.05, 0) is 60.4 Å². The lowest BCUT2D eigenvalue weighted by Crippen LogP contribution is -2.45. The molecule has 10 nitrogen and oxygen atoms in total. The van der Waals surface area contributed by atoms with Crippen molar-refractivity contribution in [3.8, 4) is 5.75 Å². The second kappa shape index (κ2) is 12.2. The van der Waals surface area contributed by atoms with Crippen molar-refractivity contribution < 1.29 is 23.9 Å². The number of rotatable bonds is 11. The number of carbonyl (C=O) groups is 3. The fourth-order valence-corrected chi connectivity index (χ4v) is 5.58. The van der Waals surface area contributed by atoms with E-state index in [0.717, 1.165) is 29.3 Å². The fraction of sp³-hybridized carbons (Fsp3) is 0.360. The summed E-state index contributed by atoms with van der Waals surface area (Å²) in [7, 11) is 0. The minimum Gasteiger partial charge on any atom is -0.494 e. The highest BCUT2D eigenvalue weighted by atomic mass is 32.1. The number of aromatic nitrogens is 1. The van der Waals surface area contributed by atoms with E-state index in [1.54, 1.807) is 24.3 Å². The molecule has 3 amide bonds. The number of hydrogen-bond acceptors (Lipinski definition) is 9. The monoisotopic (exact) mass is 543 g/mol. The largest absolute Gasteiger partial charge is 0.494 e. The molecule has 1 saturated heterocycles. The number of nitrogens with one attached hydrogen (secondary N) is 1. The van der Waals surface area contributed by atoms with Crippen LogP contribution in [0.25, 0.3) is 0 Å². The molecule has 37 heavy (non-hydrogen) atoms. The molecule has 2 aromatic heterocycles. The molecule has 1 fully saturated rings. The Hall–Kier alpha value is -3.48. The number of anilines is 1. The van der Waals surface area contributed by atoms with Gasteiger partial charge in [0, 0.05) is 18.0 Å². The van der Waals surface area contributed by atoms with Gasteiger partial charge in [0.15, 0.2) is 5.69 Å². The Morgan fingerprint density at radius 2 is 2.05 bits per heavy atom. The number of benzene rings is 1. The van der Waals surface area contributed by atoms with Crippen LogP contribution < -0.4 is 21.5 Å². The number of carbonyl (C=O) groups excluding carboxylic acids is 3. The van der Waals surface area contributed by atoms with E-state index in [0.29, 0.717) is 31.1 Å². The first-order valence-corrected chi connectivity index (χ1v) is 13.5. The van der Waals surface area contributed by atoms with Crippen molar-refractivity contribution >= 4 is 46.3 Å². The summed E-state index contributed by atoms with van der Waals surface area (Å²) in [6, 6.07) is 9.82. The van der Waals surface area contributed by atoms with Crippen LogP contribution in [0.2, 0.25) is 0 Å². The molecule has 3 aromatic rings. The Morgan fingerprint density at radius 3 is 2.65 bits per heavy atom. The van der Waals surface area contributed by atoms with Crippen LogP contribution in [0.4, 0.5) is 5.69 Å². The van der Waals surface area contributed by atoms with Gasteiger partial charge in [0.25, 0.3) is 11.8 Å².